The topological polar surface area (TPSA) is 196 Å². The summed E-state index contributed by atoms with van der Waals surface area (Å²) in [7, 11) is 1.59. The van der Waals surface area contributed by atoms with Gasteiger partial charge in [-0.1, -0.05) is 68.9 Å². The van der Waals surface area contributed by atoms with Crippen LogP contribution in [0.2, 0.25) is 0 Å². The Kier molecular flexibility index (Phi) is 18.3. The molecular weight excluding hydrogens is 887 g/mol. The number of nitrogens with zero attached hydrogens (tertiary/aromatic N) is 4. The van der Waals surface area contributed by atoms with Gasteiger partial charge in [0.2, 0.25) is 17.7 Å². The number of ether oxygens (including phenoxy) is 5. The zero-order chi connectivity index (χ0) is 48.5. The van der Waals surface area contributed by atoms with E-state index in [1.54, 1.807) is 36.1 Å². The van der Waals surface area contributed by atoms with E-state index in [0.717, 1.165) is 32.9 Å². The predicted octanol–water partition coefficient (Wildman–Crippen LogP) is 5.04. The van der Waals surface area contributed by atoms with Gasteiger partial charge in [-0.2, -0.15) is 0 Å². The number of fused-ring (bicyclic) bond motifs is 1. The Bertz CT molecular complexity index is 2710. The van der Waals surface area contributed by atoms with Crippen molar-refractivity contribution < 1.29 is 43.2 Å². The molecule has 0 unspecified atom stereocenters. The monoisotopic (exact) mass is 941 g/mol. The molecule has 3 aromatic carbocycles. The Balaban J connectivity index is 0.929. The second-order valence-electron chi connectivity index (χ2n) is 16.7. The molecule has 3 atom stereocenters. The summed E-state index contributed by atoms with van der Waals surface area (Å²) in [6, 6.07) is 17.0. The molecule has 0 radical (unpaired) electrons. The SMILES string of the molecule is C#Cc1cccc(Nc2ncnc3cc(OCCOC)c(OCCOCC#CC#CCOCC(=O)N[C@H](C(=O)N4C[C@H](O)C[C@@H]4C(=O)NCc4ccc(-c5scnc5C)cc4)C(C)(C)C)cc23)c1. The zero-order valence-corrected chi connectivity index (χ0v) is 39.5. The van der Waals surface area contributed by atoms with Crippen molar-refractivity contribution in [1.29, 1.82) is 0 Å². The largest absolute Gasteiger partial charge is 0.487 e. The lowest BCUT2D eigenvalue weighted by molar-refractivity contribution is -0.144. The Labute approximate surface area is 400 Å². The molecule has 0 saturated carbocycles. The summed E-state index contributed by atoms with van der Waals surface area (Å²) in [5.41, 5.74) is 6.11. The van der Waals surface area contributed by atoms with E-state index in [-0.39, 0.29) is 58.5 Å². The van der Waals surface area contributed by atoms with Crippen molar-refractivity contribution in [3.8, 4) is 58.0 Å². The molecule has 17 heteroatoms. The second-order valence-corrected chi connectivity index (χ2v) is 17.5. The molecule has 6 rings (SSSR count). The van der Waals surface area contributed by atoms with E-state index in [0.29, 0.717) is 41.4 Å². The van der Waals surface area contributed by atoms with E-state index in [2.05, 4.69) is 60.5 Å². The minimum atomic E-state index is -0.998. The van der Waals surface area contributed by atoms with Crippen molar-refractivity contribution >= 4 is 51.5 Å². The first kappa shape index (κ1) is 50.4. The number of amides is 3. The molecule has 0 bridgehead atoms. The smallest absolute Gasteiger partial charge is 0.246 e. The number of rotatable bonds is 20. The number of methoxy groups -OCH3 is 1. The van der Waals surface area contributed by atoms with Gasteiger partial charge in [0, 0.05) is 49.3 Å². The van der Waals surface area contributed by atoms with Gasteiger partial charge in [0.05, 0.1) is 40.9 Å². The van der Waals surface area contributed by atoms with Gasteiger partial charge < -0.3 is 49.6 Å². The van der Waals surface area contributed by atoms with Crippen molar-refractivity contribution in [3.63, 3.8) is 0 Å². The van der Waals surface area contributed by atoms with E-state index in [4.69, 9.17) is 30.1 Å². The van der Waals surface area contributed by atoms with E-state index in [1.807, 2.05) is 76.2 Å². The molecule has 5 aromatic rings. The standard InChI is InChI=1S/C51H55N7O9S/c1-7-35-13-12-14-38(25-35)56-48-40-27-43(44(66-23-21-63-6)28-41(40)53-32-54-48)67-24-22-64-19-10-8-9-11-20-65-31-45(60)57-47(51(3,4)5)50(62)58-30-39(59)26-42(58)49(61)52-29-36-15-17-37(18-16-36)46-34(2)55-33-68-46/h1,12-18,25,27-28,32-33,39,42,47,59H,19-24,26,29-31H2,2-6H3,(H,52,61)(H,57,60)(H,53,54,56)/t39-,42-,47-/m1/s1. The summed E-state index contributed by atoms with van der Waals surface area (Å²) in [6.07, 6.45) is 6.24. The van der Waals surface area contributed by atoms with Gasteiger partial charge in [-0.15, -0.1) is 17.8 Å². The highest BCUT2D eigenvalue weighted by Gasteiger charge is 2.44. The maximum absolute atomic E-state index is 13.9. The average Bonchev–Trinajstić information content (AvgIpc) is 3.95. The van der Waals surface area contributed by atoms with Gasteiger partial charge in [0.25, 0.3) is 0 Å². The molecule has 0 aliphatic carbocycles. The van der Waals surface area contributed by atoms with Gasteiger partial charge in [0.15, 0.2) is 11.5 Å². The normalized spacial score (nSPS) is 14.7. The van der Waals surface area contributed by atoms with Crippen molar-refractivity contribution in [2.24, 2.45) is 5.41 Å². The highest BCUT2D eigenvalue weighted by Crippen LogP contribution is 2.35. The van der Waals surface area contributed by atoms with Crippen LogP contribution in [0.25, 0.3) is 21.3 Å². The molecule has 0 spiro atoms. The molecule has 1 aliphatic rings. The van der Waals surface area contributed by atoms with Crippen LogP contribution in [0.1, 0.15) is 44.0 Å². The van der Waals surface area contributed by atoms with Crippen molar-refractivity contribution in [1.82, 2.24) is 30.5 Å². The van der Waals surface area contributed by atoms with Crippen LogP contribution in [-0.2, 0) is 35.1 Å². The number of nitrogens with one attached hydrogen (secondary N) is 3. The number of terminal acetylenes is 1. The van der Waals surface area contributed by atoms with E-state index < -0.39 is 35.4 Å². The minimum absolute atomic E-state index is 0.0354. The number of likely N-dealkylation sites (tertiary alicyclic amines) is 1. The molecule has 3 amide bonds. The fourth-order valence-corrected chi connectivity index (χ4v) is 7.93. The first-order chi connectivity index (χ1) is 32.8. The lowest BCUT2D eigenvalue weighted by Crippen LogP contribution is -2.58. The number of carbonyl (C=O) groups excluding carboxylic acids is 3. The van der Waals surface area contributed by atoms with Gasteiger partial charge in [-0.05, 0) is 59.6 Å². The minimum Gasteiger partial charge on any atom is -0.487 e. The number of carbonyl (C=O) groups is 3. The molecule has 68 heavy (non-hydrogen) atoms. The van der Waals surface area contributed by atoms with Gasteiger partial charge in [0.1, 0.15) is 57.3 Å². The summed E-state index contributed by atoms with van der Waals surface area (Å²) in [5, 5.41) is 20.2. The molecule has 354 valence electrons. The lowest BCUT2D eigenvalue weighted by atomic mass is 9.85. The number of hydrogen-bond donors (Lipinski definition) is 4. The van der Waals surface area contributed by atoms with Crippen LogP contribution in [0.3, 0.4) is 0 Å². The van der Waals surface area contributed by atoms with E-state index in [1.165, 1.54) is 11.2 Å². The highest BCUT2D eigenvalue weighted by atomic mass is 32.1. The number of hydrogen-bond acceptors (Lipinski definition) is 14. The second kappa shape index (κ2) is 24.6. The number of aliphatic hydroxyl groups excluding tert-OH is 1. The highest BCUT2D eigenvalue weighted by molar-refractivity contribution is 7.13. The maximum Gasteiger partial charge on any atom is 0.246 e. The molecule has 4 N–H and O–H groups in total. The van der Waals surface area contributed by atoms with Gasteiger partial charge >= 0.3 is 0 Å². The van der Waals surface area contributed by atoms with Crippen molar-refractivity contribution in [2.45, 2.75) is 58.8 Å². The maximum atomic E-state index is 13.9. The lowest BCUT2D eigenvalue weighted by Gasteiger charge is -2.35. The Hall–Kier alpha value is -7.04. The van der Waals surface area contributed by atoms with Crippen LogP contribution in [0, 0.1) is 48.4 Å². The third-order valence-corrected chi connectivity index (χ3v) is 11.5. The molecule has 1 aliphatic heterocycles. The molecule has 16 nitrogen and oxygen atoms in total. The summed E-state index contributed by atoms with van der Waals surface area (Å²) in [4.78, 5) is 56.0. The van der Waals surface area contributed by atoms with Crippen molar-refractivity contribution in [2.75, 3.05) is 65.2 Å². The van der Waals surface area contributed by atoms with E-state index in [9.17, 15) is 19.5 Å². The average molecular weight is 942 g/mol. The summed E-state index contributed by atoms with van der Waals surface area (Å²) < 4.78 is 28.2. The number of thiazole rings is 1. The summed E-state index contributed by atoms with van der Waals surface area (Å²) >= 11 is 1.57. The molecular formula is C51H55N7O9S. The fraction of sp³-hybridized carbons (Fsp3) is 0.373. The van der Waals surface area contributed by atoms with Crippen LogP contribution in [-0.4, -0.2) is 121 Å². The van der Waals surface area contributed by atoms with Crippen LogP contribution < -0.4 is 25.4 Å². The molecule has 1 fully saturated rings. The van der Waals surface area contributed by atoms with Gasteiger partial charge in [-0.3, -0.25) is 14.4 Å². The Morgan fingerprint density at radius 2 is 1.68 bits per heavy atom. The van der Waals surface area contributed by atoms with Crippen LogP contribution in [0.5, 0.6) is 11.5 Å². The molecule has 1 saturated heterocycles. The number of benzene rings is 3. The van der Waals surface area contributed by atoms with Gasteiger partial charge in [-0.25, -0.2) is 15.0 Å². The first-order valence-corrected chi connectivity index (χ1v) is 22.8. The van der Waals surface area contributed by atoms with E-state index >= 15 is 0 Å². The zero-order valence-electron chi connectivity index (χ0n) is 38.7. The number of β-amino-alcohol motifs (C(OH)–C–C–N with tert-alkyl or cyclic N) is 1. The summed E-state index contributed by atoms with van der Waals surface area (Å²) in [5.74, 6) is 13.7. The number of aryl methyl sites for hydroxylation is 1. The Morgan fingerprint density at radius 1 is 0.941 bits per heavy atom. The number of aromatic nitrogens is 3. The Morgan fingerprint density at radius 3 is 2.38 bits per heavy atom. The van der Waals surface area contributed by atoms with Crippen LogP contribution >= 0.6 is 11.3 Å². The summed E-state index contributed by atoms with van der Waals surface area (Å²) in [6.45, 7) is 8.35. The third-order valence-electron chi connectivity index (χ3n) is 10.6. The molecule has 3 heterocycles. The van der Waals surface area contributed by atoms with Crippen LogP contribution in [0.4, 0.5) is 11.5 Å². The number of anilines is 2. The fourth-order valence-electron chi connectivity index (χ4n) is 7.12. The number of aliphatic hydroxyl groups is 1. The third kappa shape index (κ3) is 14.2. The first-order valence-electron chi connectivity index (χ1n) is 21.9. The van der Waals surface area contributed by atoms with Crippen LogP contribution in [0.15, 0.2) is 72.5 Å². The van der Waals surface area contributed by atoms with Crippen molar-refractivity contribution in [3.05, 3.63) is 89.3 Å². The molecule has 2 aromatic heterocycles. The predicted molar refractivity (Wildman–Crippen MR) is 259 cm³/mol. The quantitative estimate of drug-likeness (QED) is 0.0600.